The van der Waals surface area contributed by atoms with E-state index in [2.05, 4.69) is 31.2 Å². The summed E-state index contributed by atoms with van der Waals surface area (Å²) in [6.07, 6.45) is 0.777. The van der Waals surface area contributed by atoms with Crippen molar-refractivity contribution < 1.29 is 4.39 Å². The second-order valence-electron chi connectivity index (χ2n) is 5.70. The molecule has 0 aliphatic heterocycles. The first-order valence-corrected chi connectivity index (χ1v) is 5.95. The van der Waals surface area contributed by atoms with Gasteiger partial charge in [-0.2, -0.15) is 0 Å². The van der Waals surface area contributed by atoms with Crippen molar-refractivity contribution in [2.24, 2.45) is 11.3 Å². The first kappa shape index (κ1) is 12.8. The summed E-state index contributed by atoms with van der Waals surface area (Å²) in [7, 11) is 0. The topological polar surface area (TPSA) is 50.9 Å². The summed E-state index contributed by atoms with van der Waals surface area (Å²) in [5.41, 5.74) is 5.09. The molecule has 3 nitrogen and oxygen atoms in total. The fourth-order valence-electron chi connectivity index (χ4n) is 1.94. The zero-order chi connectivity index (χ0) is 13.3. The third-order valence-electron chi connectivity index (χ3n) is 2.71. The first-order chi connectivity index (χ1) is 8.39. The number of rotatable bonds is 2. The van der Waals surface area contributed by atoms with Crippen LogP contribution in [0.2, 0.25) is 0 Å². The number of nitrogen functional groups attached to an aromatic ring is 1. The molecule has 2 rings (SSSR count). The standard InChI is InChI=1S/C14H18FN3/c1-14(2,3)8-13-12(18-16)6-9-4-5-10(15)7-11(9)17-13/h4-7,18H,8,16H2,1-3H3. The van der Waals surface area contributed by atoms with Crippen molar-refractivity contribution in [2.45, 2.75) is 27.2 Å². The monoisotopic (exact) mass is 247 g/mol. The van der Waals surface area contributed by atoms with Gasteiger partial charge in [-0.05, 0) is 30.0 Å². The van der Waals surface area contributed by atoms with E-state index < -0.39 is 0 Å². The Morgan fingerprint density at radius 2 is 2.00 bits per heavy atom. The van der Waals surface area contributed by atoms with Crippen LogP contribution in [-0.2, 0) is 6.42 Å². The zero-order valence-electron chi connectivity index (χ0n) is 10.9. The lowest BCUT2D eigenvalue weighted by Gasteiger charge is -2.20. The summed E-state index contributed by atoms with van der Waals surface area (Å²) < 4.78 is 13.2. The van der Waals surface area contributed by atoms with Crippen molar-refractivity contribution in [3.8, 4) is 0 Å². The molecule has 0 saturated carbocycles. The van der Waals surface area contributed by atoms with E-state index in [0.29, 0.717) is 5.52 Å². The molecule has 18 heavy (non-hydrogen) atoms. The number of hydrazine groups is 1. The number of nitrogens with zero attached hydrogens (tertiary/aromatic N) is 1. The van der Waals surface area contributed by atoms with Crippen molar-refractivity contribution in [1.82, 2.24) is 4.98 Å². The Morgan fingerprint density at radius 1 is 1.28 bits per heavy atom. The summed E-state index contributed by atoms with van der Waals surface area (Å²) in [5.74, 6) is 5.25. The van der Waals surface area contributed by atoms with Crippen molar-refractivity contribution >= 4 is 16.6 Å². The van der Waals surface area contributed by atoms with Crippen LogP contribution >= 0.6 is 0 Å². The number of nitrogens with two attached hydrogens (primary N) is 1. The highest BCUT2D eigenvalue weighted by molar-refractivity contribution is 5.82. The molecule has 0 fully saturated rings. The van der Waals surface area contributed by atoms with Gasteiger partial charge in [-0.15, -0.1) is 0 Å². The van der Waals surface area contributed by atoms with Crippen LogP contribution in [0.15, 0.2) is 24.3 Å². The molecule has 0 aliphatic rings. The minimum absolute atomic E-state index is 0.0968. The molecule has 0 aliphatic carbocycles. The molecule has 0 unspecified atom stereocenters. The molecule has 0 radical (unpaired) electrons. The van der Waals surface area contributed by atoms with Gasteiger partial charge in [0.05, 0.1) is 16.9 Å². The third kappa shape index (κ3) is 2.76. The average molecular weight is 247 g/mol. The summed E-state index contributed by atoms with van der Waals surface area (Å²) in [6, 6.07) is 6.48. The van der Waals surface area contributed by atoms with Gasteiger partial charge in [0.2, 0.25) is 0 Å². The van der Waals surface area contributed by atoms with Crippen LogP contribution in [0, 0.1) is 11.2 Å². The second kappa shape index (κ2) is 4.53. The maximum atomic E-state index is 13.2. The van der Waals surface area contributed by atoms with Crippen LogP contribution in [0.1, 0.15) is 26.5 Å². The minimum atomic E-state index is -0.273. The van der Waals surface area contributed by atoms with Gasteiger partial charge in [0.25, 0.3) is 0 Å². The van der Waals surface area contributed by atoms with E-state index >= 15 is 0 Å². The summed E-state index contributed by atoms with van der Waals surface area (Å²) >= 11 is 0. The normalized spacial score (nSPS) is 11.8. The maximum Gasteiger partial charge on any atom is 0.125 e. The number of pyridine rings is 1. The molecule has 96 valence electrons. The van der Waals surface area contributed by atoms with Crippen LogP contribution < -0.4 is 11.3 Å². The lowest BCUT2D eigenvalue weighted by Crippen LogP contribution is -2.16. The minimum Gasteiger partial charge on any atom is -0.322 e. The smallest absolute Gasteiger partial charge is 0.125 e. The van der Waals surface area contributed by atoms with Crippen molar-refractivity contribution in [3.63, 3.8) is 0 Å². The van der Waals surface area contributed by atoms with E-state index in [9.17, 15) is 4.39 Å². The van der Waals surface area contributed by atoms with Gasteiger partial charge in [0.1, 0.15) is 5.82 Å². The Kier molecular flexibility index (Phi) is 3.22. The van der Waals surface area contributed by atoms with E-state index in [-0.39, 0.29) is 11.2 Å². The van der Waals surface area contributed by atoms with Crippen LogP contribution in [-0.4, -0.2) is 4.98 Å². The number of nitrogens with one attached hydrogen (secondary N) is 1. The first-order valence-electron chi connectivity index (χ1n) is 5.95. The molecule has 0 spiro atoms. The van der Waals surface area contributed by atoms with Crippen molar-refractivity contribution in [2.75, 3.05) is 5.43 Å². The van der Waals surface area contributed by atoms with Gasteiger partial charge >= 0.3 is 0 Å². The second-order valence-corrected chi connectivity index (χ2v) is 5.70. The van der Waals surface area contributed by atoms with Gasteiger partial charge in [-0.25, -0.2) is 4.39 Å². The van der Waals surface area contributed by atoms with E-state index in [1.54, 1.807) is 6.07 Å². The molecule has 0 saturated heterocycles. The van der Waals surface area contributed by atoms with Gasteiger partial charge in [-0.3, -0.25) is 10.8 Å². The molecular weight excluding hydrogens is 229 g/mol. The number of hydrogen-bond acceptors (Lipinski definition) is 3. The van der Waals surface area contributed by atoms with Crippen LogP contribution in [0.3, 0.4) is 0 Å². The fourth-order valence-corrected chi connectivity index (χ4v) is 1.94. The van der Waals surface area contributed by atoms with Crippen molar-refractivity contribution in [1.29, 1.82) is 0 Å². The molecular formula is C14H18FN3. The molecule has 0 bridgehead atoms. The number of halogens is 1. The van der Waals surface area contributed by atoms with Crippen molar-refractivity contribution in [3.05, 3.63) is 35.8 Å². The van der Waals surface area contributed by atoms with Gasteiger partial charge in [0.15, 0.2) is 0 Å². The van der Waals surface area contributed by atoms with E-state index in [0.717, 1.165) is 23.2 Å². The van der Waals surface area contributed by atoms with Gasteiger partial charge in [0, 0.05) is 11.5 Å². The predicted molar refractivity (Wildman–Crippen MR) is 72.7 cm³/mol. The highest BCUT2D eigenvalue weighted by Gasteiger charge is 2.16. The Bertz CT molecular complexity index is 573. The zero-order valence-corrected chi connectivity index (χ0v) is 10.9. The molecule has 0 atom stereocenters. The van der Waals surface area contributed by atoms with E-state index in [1.807, 2.05) is 6.07 Å². The Hall–Kier alpha value is -1.68. The summed E-state index contributed by atoms with van der Waals surface area (Å²) in [5, 5.41) is 0.877. The largest absolute Gasteiger partial charge is 0.322 e. The maximum absolute atomic E-state index is 13.2. The molecule has 3 N–H and O–H groups in total. The summed E-state index contributed by atoms with van der Waals surface area (Å²) in [6.45, 7) is 6.39. The molecule has 1 aromatic heterocycles. The third-order valence-corrected chi connectivity index (χ3v) is 2.71. The molecule has 1 aromatic carbocycles. The van der Waals surface area contributed by atoms with E-state index in [4.69, 9.17) is 5.84 Å². The lowest BCUT2D eigenvalue weighted by molar-refractivity contribution is 0.407. The number of fused-ring (bicyclic) bond motifs is 1. The average Bonchev–Trinajstić information content (AvgIpc) is 2.25. The molecule has 1 heterocycles. The SMILES string of the molecule is CC(C)(C)Cc1nc2cc(F)ccc2cc1NN. The van der Waals surface area contributed by atoms with Gasteiger partial charge < -0.3 is 5.43 Å². The van der Waals surface area contributed by atoms with E-state index in [1.165, 1.54) is 12.1 Å². The Labute approximate surface area is 106 Å². The van der Waals surface area contributed by atoms with Gasteiger partial charge in [-0.1, -0.05) is 20.8 Å². The lowest BCUT2D eigenvalue weighted by atomic mass is 9.89. The Balaban J connectivity index is 2.56. The molecule has 4 heteroatoms. The highest BCUT2D eigenvalue weighted by Crippen LogP contribution is 2.27. The van der Waals surface area contributed by atoms with Crippen LogP contribution in [0.5, 0.6) is 0 Å². The molecule has 0 amide bonds. The Morgan fingerprint density at radius 3 is 2.61 bits per heavy atom. The number of anilines is 1. The summed E-state index contributed by atoms with van der Waals surface area (Å²) in [4.78, 5) is 4.51. The molecule has 2 aromatic rings. The quantitative estimate of drug-likeness (QED) is 0.632. The number of hydrogen-bond donors (Lipinski definition) is 2. The predicted octanol–water partition coefficient (Wildman–Crippen LogP) is 3.25. The number of aromatic nitrogens is 1. The highest BCUT2D eigenvalue weighted by atomic mass is 19.1. The van der Waals surface area contributed by atoms with Crippen LogP contribution in [0.25, 0.3) is 10.9 Å². The number of benzene rings is 1. The van der Waals surface area contributed by atoms with Crippen LogP contribution in [0.4, 0.5) is 10.1 Å². The fraction of sp³-hybridized carbons (Fsp3) is 0.357.